The minimum Gasteiger partial charge on any atom is -0.350 e. The molecule has 1 aromatic rings. The van der Waals surface area contributed by atoms with E-state index in [-0.39, 0.29) is 17.4 Å². The lowest BCUT2D eigenvalue weighted by molar-refractivity contribution is -0.132. The van der Waals surface area contributed by atoms with E-state index in [9.17, 15) is 9.59 Å². The fraction of sp³-hybridized carbons (Fsp3) is 0.619. The van der Waals surface area contributed by atoms with Crippen molar-refractivity contribution in [2.75, 3.05) is 13.1 Å². The summed E-state index contributed by atoms with van der Waals surface area (Å²) in [6.45, 7) is 3.86. The zero-order valence-corrected chi connectivity index (χ0v) is 16.4. The Hall–Kier alpha value is -1.55. The van der Waals surface area contributed by atoms with Crippen molar-refractivity contribution in [3.63, 3.8) is 0 Å². The number of carbonyl (C=O) groups is 2. The highest BCUT2D eigenvalue weighted by molar-refractivity contribution is 6.30. The number of benzene rings is 1. The minimum atomic E-state index is -0.308. The average Bonchev–Trinajstić information content (AvgIpc) is 3.37. The molecule has 2 amide bonds. The first kappa shape index (κ1) is 19.2. The summed E-state index contributed by atoms with van der Waals surface area (Å²) in [7, 11) is 0. The van der Waals surface area contributed by atoms with Crippen molar-refractivity contribution in [3.8, 4) is 0 Å². The molecule has 3 rings (SSSR count). The standard InChI is InChI=1S/C21H29ClN2O2/c1-2-13-24(15-17-3-4-17)20(26)10-12-21(11-9-19(25)23-21)14-16-5-7-18(22)8-6-16/h5-8,17H,2-4,9-15H2,1H3,(H,23,25). The predicted octanol–water partition coefficient (Wildman–Crippen LogP) is 3.96. The van der Waals surface area contributed by atoms with Crippen LogP contribution in [0.4, 0.5) is 0 Å². The van der Waals surface area contributed by atoms with Gasteiger partial charge in [0.25, 0.3) is 0 Å². The van der Waals surface area contributed by atoms with Crippen molar-refractivity contribution in [1.29, 1.82) is 0 Å². The van der Waals surface area contributed by atoms with E-state index in [1.807, 2.05) is 29.2 Å². The predicted molar refractivity (Wildman–Crippen MR) is 104 cm³/mol. The summed E-state index contributed by atoms with van der Waals surface area (Å²) in [6.07, 6.45) is 6.78. The van der Waals surface area contributed by atoms with Crippen LogP contribution in [0.25, 0.3) is 0 Å². The first-order chi connectivity index (χ1) is 12.5. The van der Waals surface area contributed by atoms with Gasteiger partial charge >= 0.3 is 0 Å². The van der Waals surface area contributed by atoms with Crippen molar-refractivity contribution < 1.29 is 9.59 Å². The van der Waals surface area contributed by atoms with Crippen LogP contribution in [0.3, 0.4) is 0 Å². The van der Waals surface area contributed by atoms with Gasteiger partial charge in [0.1, 0.15) is 0 Å². The van der Waals surface area contributed by atoms with E-state index in [4.69, 9.17) is 11.6 Å². The topological polar surface area (TPSA) is 49.4 Å². The highest BCUT2D eigenvalue weighted by atomic mass is 35.5. The molecule has 1 aromatic carbocycles. The third-order valence-electron chi connectivity index (χ3n) is 5.53. The SMILES string of the molecule is CCCN(CC1CC1)C(=O)CCC1(Cc2ccc(Cl)cc2)CCC(=O)N1. The van der Waals surface area contributed by atoms with Crippen LogP contribution in [0.5, 0.6) is 0 Å². The largest absolute Gasteiger partial charge is 0.350 e. The maximum absolute atomic E-state index is 12.8. The Morgan fingerprint density at radius 1 is 1.31 bits per heavy atom. The molecule has 2 fully saturated rings. The van der Waals surface area contributed by atoms with Crippen molar-refractivity contribution in [2.45, 2.75) is 63.8 Å². The van der Waals surface area contributed by atoms with Crippen LogP contribution in [0, 0.1) is 5.92 Å². The summed E-state index contributed by atoms with van der Waals surface area (Å²) >= 11 is 5.98. The molecular weight excluding hydrogens is 348 g/mol. The highest BCUT2D eigenvalue weighted by Crippen LogP contribution is 2.32. The fourth-order valence-corrected chi connectivity index (χ4v) is 4.01. The molecule has 1 saturated carbocycles. The zero-order chi connectivity index (χ0) is 18.6. The number of amides is 2. The van der Waals surface area contributed by atoms with Crippen LogP contribution >= 0.6 is 11.6 Å². The number of nitrogens with one attached hydrogen (secondary N) is 1. The quantitative estimate of drug-likeness (QED) is 0.709. The molecule has 142 valence electrons. The van der Waals surface area contributed by atoms with Gasteiger partial charge in [0.05, 0.1) is 0 Å². The van der Waals surface area contributed by atoms with Gasteiger partial charge in [-0.1, -0.05) is 30.7 Å². The molecule has 0 bridgehead atoms. The molecule has 26 heavy (non-hydrogen) atoms. The summed E-state index contributed by atoms with van der Waals surface area (Å²) in [5.41, 5.74) is 0.838. The Balaban J connectivity index is 1.63. The number of hydrogen-bond acceptors (Lipinski definition) is 2. The normalized spacial score (nSPS) is 22.3. The van der Waals surface area contributed by atoms with E-state index < -0.39 is 0 Å². The summed E-state index contributed by atoms with van der Waals surface area (Å²) in [5.74, 6) is 1.03. The second-order valence-electron chi connectivity index (χ2n) is 7.91. The Kier molecular flexibility index (Phi) is 6.23. The maximum atomic E-state index is 12.8. The van der Waals surface area contributed by atoms with Crippen molar-refractivity contribution in [1.82, 2.24) is 10.2 Å². The molecule has 1 heterocycles. The Bertz CT molecular complexity index is 642. The average molecular weight is 377 g/mol. The molecular formula is C21H29ClN2O2. The first-order valence-corrected chi connectivity index (χ1v) is 10.2. The molecule has 5 heteroatoms. The third kappa shape index (κ3) is 5.23. The van der Waals surface area contributed by atoms with E-state index in [0.717, 1.165) is 37.9 Å². The highest BCUT2D eigenvalue weighted by Gasteiger charge is 2.38. The van der Waals surface area contributed by atoms with Crippen molar-refractivity contribution in [3.05, 3.63) is 34.9 Å². The summed E-state index contributed by atoms with van der Waals surface area (Å²) in [6, 6.07) is 7.77. The van der Waals surface area contributed by atoms with Crippen molar-refractivity contribution in [2.24, 2.45) is 5.92 Å². The molecule has 1 atom stereocenters. The molecule has 2 aliphatic rings. The zero-order valence-electron chi connectivity index (χ0n) is 15.6. The van der Waals surface area contributed by atoms with Gasteiger partial charge in [-0.2, -0.15) is 0 Å². The van der Waals surface area contributed by atoms with E-state index in [2.05, 4.69) is 12.2 Å². The molecule has 0 spiro atoms. The van der Waals surface area contributed by atoms with E-state index in [1.54, 1.807) is 0 Å². The lowest BCUT2D eigenvalue weighted by atomic mass is 9.85. The van der Waals surface area contributed by atoms with Crippen LogP contribution in [0.15, 0.2) is 24.3 Å². The Morgan fingerprint density at radius 2 is 2.04 bits per heavy atom. The van der Waals surface area contributed by atoms with Gasteiger partial charge in [-0.25, -0.2) is 0 Å². The smallest absolute Gasteiger partial charge is 0.222 e. The van der Waals surface area contributed by atoms with Gasteiger partial charge < -0.3 is 10.2 Å². The first-order valence-electron chi connectivity index (χ1n) is 9.83. The third-order valence-corrected chi connectivity index (χ3v) is 5.78. The molecule has 0 aromatic heterocycles. The Morgan fingerprint density at radius 3 is 2.62 bits per heavy atom. The monoisotopic (exact) mass is 376 g/mol. The van der Waals surface area contributed by atoms with Crippen LogP contribution in [-0.2, 0) is 16.0 Å². The van der Waals surface area contributed by atoms with E-state index >= 15 is 0 Å². The molecule has 1 unspecified atom stereocenters. The number of carbonyl (C=O) groups excluding carboxylic acids is 2. The molecule has 1 aliphatic heterocycles. The lowest BCUT2D eigenvalue weighted by Gasteiger charge is -2.31. The van der Waals surface area contributed by atoms with Crippen LogP contribution < -0.4 is 5.32 Å². The van der Waals surface area contributed by atoms with Gasteiger partial charge in [0, 0.05) is 36.5 Å². The molecule has 1 aliphatic carbocycles. The minimum absolute atomic E-state index is 0.0924. The number of halogens is 1. The summed E-state index contributed by atoms with van der Waals surface area (Å²) in [4.78, 5) is 26.7. The van der Waals surface area contributed by atoms with Crippen molar-refractivity contribution >= 4 is 23.4 Å². The van der Waals surface area contributed by atoms with E-state index in [1.165, 1.54) is 12.8 Å². The number of nitrogens with zero attached hydrogens (tertiary/aromatic N) is 1. The Labute approximate surface area is 161 Å². The number of rotatable bonds is 9. The number of hydrogen-bond donors (Lipinski definition) is 1. The molecule has 1 saturated heterocycles. The van der Waals surface area contributed by atoms with Gasteiger partial charge in [0.2, 0.25) is 11.8 Å². The van der Waals surface area contributed by atoms with Gasteiger partial charge in [0.15, 0.2) is 0 Å². The molecule has 0 radical (unpaired) electrons. The van der Waals surface area contributed by atoms with Crippen LogP contribution in [0.2, 0.25) is 5.02 Å². The van der Waals surface area contributed by atoms with Gasteiger partial charge in [-0.05, 0) is 62.1 Å². The second-order valence-corrected chi connectivity index (χ2v) is 8.35. The fourth-order valence-electron chi connectivity index (χ4n) is 3.88. The molecule has 1 N–H and O–H groups in total. The van der Waals surface area contributed by atoms with Crippen LogP contribution in [-0.4, -0.2) is 35.3 Å². The molecule has 4 nitrogen and oxygen atoms in total. The second kappa shape index (κ2) is 8.43. The summed E-state index contributed by atoms with van der Waals surface area (Å²) < 4.78 is 0. The van der Waals surface area contributed by atoms with Gasteiger partial charge in [-0.3, -0.25) is 9.59 Å². The van der Waals surface area contributed by atoms with Gasteiger partial charge in [-0.15, -0.1) is 0 Å². The maximum Gasteiger partial charge on any atom is 0.222 e. The van der Waals surface area contributed by atoms with E-state index in [0.29, 0.717) is 30.2 Å². The lowest BCUT2D eigenvalue weighted by Crippen LogP contribution is -2.45. The van der Waals surface area contributed by atoms with Crippen LogP contribution in [0.1, 0.15) is 57.4 Å². The summed E-state index contributed by atoms with van der Waals surface area (Å²) in [5, 5.41) is 3.88.